The molecule has 1 aliphatic carbocycles. The SMILES string of the molecule is CCOC(=O)C(N)(CSc1nc(C)cc(=O)[nH]1)C1CC1. The van der Waals surface area contributed by atoms with Crippen molar-refractivity contribution < 1.29 is 9.53 Å². The summed E-state index contributed by atoms with van der Waals surface area (Å²) < 4.78 is 5.07. The van der Waals surface area contributed by atoms with Crippen LogP contribution in [-0.4, -0.2) is 33.8 Å². The highest BCUT2D eigenvalue weighted by atomic mass is 32.2. The average Bonchev–Trinajstić information content (AvgIpc) is 3.19. The monoisotopic (exact) mass is 297 g/mol. The fourth-order valence-corrected chi connectivity index (χ4v) is 3.13. The van der Waals surface area contributed by atoms with Crippen LogP contribution in [0.2, 0.25) is 0 Å². The maximum Gasteiger partial charge on any atom is 0.327 e. The Kier molecular flexibility index (Phi) is 4.49. The van der Waals surface area contributed by atoms with Crippen LogP contribution in [0, 0.1) is 12.8 Å². The number of carbonyl (C=O) groups is 1. The molecule has 0 aromatic carbocycles. The number of aryl methyl sites for hydroxylation is 1. The minimum Gasteiger partial charge on any atom is -0.465 e. The molecule has 0 amide bonds. The molecule has 110 valence electrons. The van der Waals surface area contributed by atoms with Gasteiger partial charge in [-0.3, -0.25) is 9.59 Å². The summed E-state index contributed by atoms with van der Waals surface area (Å²) in [5.41, 5.74) is 5.68. The Labute approximate surface area is 121 Å². The molecule has 7 heteroatoms. The molecule has 0 spiro atoms. The molecule has 1 heterocycles. The molecule has 1 saturated carbocycles. The van der Waals surface area contributed by atoms with E-state index in [1.54, 1.807) is 13.8 Å². The zero-order valence-electron chi connectivity index (χ0n) is 11.6. The number of nitrogens with one attached hydrogen (secondary N) is 1. The minimum absolute atomic E-state index is 0.158. The third-order valence-electron chi connectivity index (χ3n) is 3.26. The maximum absolute atomic E-state index is 12.0. The summed E-state index contributed by atoms with van der Waals surface area (Å²) in [4.78, 5) is 30.3. The van der Waals surface area contributed by atoms with Gasteiger partial charge in [-0.1, -0.05) is 11.8 Å². The van der Waals surface area contributed by atoms with Crippen molar-refractivity contribution in [3.63, 3.8) is 0 Å². The van der Waals surface area contributed by atoms with Crippen LogP contribution in [0.25, 0.3) is 0 Å². The molecule has 1 atom stereocenters. The zero-order chi connectivity index (χ0) is 14.8. The predicted molar refractivity (Wildman–Crippen MR) is 76.6 cm³/mol. The standard InChI is InChI=1S/C13H19N3O3S/c1-3-19-11(18)13(14,9-4-5-9)7-20-12-15-8(2)6-10(17)16-12/h6,9H,3-5,7,14H2,1-2H3,(H,15,16,17). The van der Waals surface area contributed by atoms with Gasteiger partial charge < -0.3 is 15.5 Å². The fraction of sp³-hybridized carbons (Fsp3) is 0.615. The van der Waals surface area contributed by atoms with E-state index >= 15 is 0 Å². The molecule has 0 bridgehead atoms. The largest absolute Gasteiger partial charge is 0.465 e. The van der Waals surface area contributed by atoms with Crippen molar-refractivity contribution in [1.29, 1.82) is 0 Å². The van der Waals surface area contributed by atoms with Gasteiger partial charge in [-0.2, -0.15) is 0 Å². The number of aromatic amines is 1. The van der Waals surface area contributed by atoms with Crippen LogP contribution in [0.15, 0.2) is 16.0 Å². The fourth-order valence-electron chi connectivity index (χ4n) is 2.02. The Morgan fingerprint density at radius 2 is 2.35 bits per heavy atom. The van der Waals surface area contributed by atoms with Crippen LogP contribution >= 0.6 is 11.8 Å². The lowest BCUT2D eigenvalue weighted by molar-refractivity contribution is -0.149. The molecule has 6 nitrogen and oxygen atoms in total. The van der Waals surface area contributed by atoms with Crippen molar-refractivity contribution in [3.8, 4) is 0 Å². The quantitative estimate of drug-likeness (QED) is 0.459. The Bertz CT molecular complexity index is 556. The van der Waals surface area contributed by atoms with E-state index in [-0.39, 0.29) is 17.4 Å². The van der Waals surface area contributed by atoms with E-state index in [0.29, 0.717) is 23.2 Å². The summed E-state index contributed by atoms with van der Waals surface area (Å²) in [5.74, 6) is 0.138. The van der Waals surface area contributed by atoms with Gasteiger partial charge in [0.25, 0.3) is 5.56 Å². The van der Waals surface area contributed by atoms with E-state index in [9.17, 15) is 9.59 Å². The van der Waals surface area contributed by atoms with Crippen molar-refractivity contribution >= 4 is 17.7 Å². The lowest BCUT2D eigenvalue weighted by Gasteiger charge is -2.26. The van der Waals surface area contributed by atoms with Crippen LogP contribution in [-0.2, 0) is 9.53 Å². The molecule has 1 aromatic rings. The molecule has 3 N–H and O–H groups in total. The number of hydrogen-bond donors (Lipinski definition) is 2. The maximum atomic E-state index is 12.0. The van der Waals surface area contributed by atoms with Crippen molar-refractivity contribution in [1.82, 2.24) is 9.97 Å². The third kappa shape index (κ3) is 3.40. The number of nitrogens with two attached hydrogens (primary N) is 1. The summed E-state index contributed by atoms with van der Waals surface area (Å²) >= 11 is 1.29. The average molecular weight is 297 g/mol. The van der Waals surface area contributed by atoms with Crippen molar-refractivity contribution in [2.45, 2.75) is 37.4 Å². The lowest BCUT2D eigenvalue weighted by Crippen LogP contribution is -2.53. The Hall–Kier alpha value is -1.34. The van der Waals surface area contributed by atoms with E-state index in [1.807, 2.05) is 0 Å². The van der Waals surface area contributed by atoms with Crippen LogP contribution < -0.4 is 11.3 Å². The third-order valence-corrected chi connectivity index (χ3v) is 4.35. The number of esters is 1. The van der Waals surface area contributed by atoms with Crippen molar-refractivity contribution in [2.75, 3.05) is 12.4 Å². The number of carbonyl (C=O) groups excluding carboxylic acids is 1. The summed E-state index contributed by atoms with van der Waals surface area (Å²) in [5, 5.41) is 0.481. The van der Waals surface area contributed by atoms with E-state index in [4.69, 9.17) is 10.5 Å². The van der Waals surface area contributed by atoms with Gasteiger partial charge in [-0.25, -0.2) is 4.98 Å². The summed E-state index contributed by atoms with van der Waals surface area (Å²) in [7, 11) is 0. The Morgan fingerprint density at radius 1 is 1.65 bits per heavy atom. The van der Waals surface area contributed by atoms with Gasteiger partial charge in [-0.15, -0.1) is 0 Å². The molecule has 1 fully saturated rings. The number of thioether (sulfide) groups is 1. The number of ether oxygens (including phenoxy) is 1. The molecule has 0 saturated heterocycles. The van der Waals surface area contributed by atoms with Gasteiger partial charge in [0.2, 0.25) is 0 Å². The first kappa shape index (κ1) is 15.1. The Morgan fingerprint density at radius 3 is 2.90 bits per heavy atom. The molecule has 2 rings (SSSR count). The first-order valence-electron chi connectivity index (χ1n) is 6.62. The molecule has 20 heavy (non-hydrogen) atoms. The highest BCUT2D eigenvalue weighted by Crippen LogP contribution is 2.41. The lowest BCUT2D eigenvalue weighted by atomic mass is 9.97. The second-order valence-electron chi connectivity index (χ2n) is 5.02. The van der Waals surface area contributed by atoms with Crippen LogP contribution in [0.1, 0.15) is 25.5 Å². The van der Waals surface area contributed by atoms with Crippen molar-refractivity contribution in [3.05, 3.63) is 22.1 Å². The van der Waals surface area contributed by atoms with Gasteiger partial charge in [0.1, 0.15) is 5.54 Å². The number of aromatic nitrogens is 2. The van der Waals surface area contributed by atoms with Crippen LogP contribution in [0.3, 0.4) is 0 Å². The van der Waals surface area contributed by atoms with E-state index in [0.717, 1.165) is 12.8 Å². The summed E-state index contributed by atoms with van der Waals surface area (Å²) in [6.45, 7) is 3.83. The number of hydrogen-bond acceptors (Lipinski definition) is 6. The topological polar surface area (TPSA) is 98.1 Å². The molecule has 1 unspecified atom stereocenters. The normalized spacial score (nSPS) is 17.6. The summed E-state index contributed by atoms with van der Waals surface area (Å²) in [6, 6.07) is 1.42. The van der Waals surface area contributed by atoms with Gasteiger partial charge in [0.15, 0.2) is 5.16 Å². The predicted octanol–water partition coefficient (Wildman–Crippen LogP) is 0.841. The highest BCUT2D eigenvalue weighted by molar-refractivity contribution is 7.99. The Balaban J connectivity index is 2.09. The van der Waals surface area contributed by atoms with Crippen molar-refractivity contribution in [2.24, 2.45) is 11.7 Å². The van der Waals surface area contributed by atoms with E-state index in [2.05, 4.69) is 9.97 Å². The number of nitrogens with zero attached hydrogens (tertiary/aromatic N) is 1. The number of rotatable bonds is 6. The van der Waals surface area contributed by atoms with Gasteiger partial charge >= 0.3 is 5.97 Å². The smallest absolute Gasteiger partial charge is 0.327 e. The molecule has 0 radical (unpaired) electrons. The second kappa shape index (κ2) is 5.97. The van der Waals surface area contributed by atoms with E-state index in [1.165, 1.54) is 17.8 Å². The first-order valence-corrected chi connectivity index (χ1v) is 7.61. The molecular weight excluding hydrogens is 278 g/mol. The highest BCUT2D eigenvalue weighted by Gasteiger charge is 2.49. The van der Waals surface area contributed by atoms with Gasteiger partial charge in [0, 0.05) is 17.5 Å². The van der Waals surface area contributed by atoms with Crippen LogP contribution in [0.4, 0.5) is 0 Å². The molecule has 0 aliphatic heterocycles. The van der Waals surface area contributed by atoms with Crippen LogP contribution in [0.5, 0.6) is 0 Å². The first-order chi connectivity index (χ1) is 9.45. The minimum atomic E-state index is -0.997. The van der Waals surface area contributed by atoms with Gasteiger partial charge in [-0.05, 0) is 32.6 Å². The zero-order valence-corrected chi connectivity index (χ0v) is 12.5. The van der Waals surface area contributed by atoms with Gasteiger partial charge in [0.05, 0.1) is 6.61 Å². The summed E-state index contributed by atoms with van der Waals surface area (Å²) in [6.07, 6.45) is 1.88. The second-order valence-corrected chi connectivity index (χ2v) is 5.98. The van der Waals surface area contributed by atoms with E-state index < -0.39 is 5.54 Å². The molecule has 1 aliphatic rings. The molecule has 1 aromatic heterocycles. The molecular formula is C13H19N3O3S. The number of H-pyrrole nitrogens is 1.